The van der Waals surface area contributed by atoms with E-state index in [-0.39, 0.29) is 0 Å². The minimum absolute atomic E-state index is 0.562. The van der Waals surface area contributed by atoms with E-state index in [9.17, 15) is 0 Å². The second kappa shape index (κ2) is 4.26. The third-order valence-corrected chi connectivity index (χ3v) is 2.36. The average molecular weight is 193 g/mol. The van der Waals surface area contributed by atoms with Crippen molar-refractivity contribution in [1.82, 2.24) is 9.97 Å². The molecule has 1 saturated carbocycles. The average Bonchev–Trinajstić information content (AvgIpc) is 2.13. The van der Waals surface area contributed by atoms with Gasteiger partial charge in [-0.05, 0) is 26.2 Å². The first-order valence-electron chi connectivity index (χ1n) is 5.11. The molecule has 2 rings (SSSR count). The summed E-state index contributed by atoms with van der Waals surface area (Å²) in [5.41, 5.74) is 0. The van der Waals surface area contributed by atoms with E-state index in [0.29, 0.717) is 24.5 Å². The monoisotopic (exact) mass is 193 g/mol. The van der Waals surface area contributed by atoms with Crippen LogP contribution in [-0.2, 0) is 0 Å². The van der Waals surface area contributed by atoms with Crippen molar-refractivity contribution in [3.63, 3.8) is 0 Å². The highest BCUT2D eigenvalue weighted by atomic mass is 16.5. The summed E-state index contributed by atoms with van der Waals surface area (Å²) in [5.74, 6) is 1.32. The summed E-state index contributed by atoms with van der Waals surface area (Å²) in [5, 5.41) is 3.27. The Morgan fingerprint density at radius 3 is 3.07 bits per heavy atom. The predicted octanol–water partition coefficient (Wildman–Crippen LogP) is 1.84. The van der Waals surface area contributed by atoms with E-state index in [2.05, 4.69) is 15.3 Å². The maximum Gasteiger partial charge on any atom is 0.226 e. The van der Waals surface area contributed by atoms with Crippen LogP contribution in [0, 0.1) is 0 Å². The number of hydrogen-bond donors (Lipinski definition) is 1. The molecule has 1 heterocycles. The van der Waals surface area contributed by atoms with Crippen molar-refractivity contribution in [3.05, 3.63) is 12.3 Å². The Labute approximate surface area is 83.7 Å². The van der Waals surface area contributed by atoms with Gasteiger partial charge >= 0.3 is 0 Å². The zero-order chi connectivity index (χ0) is 9.80. The number of anilines is 1. The predicted molar refractivity (Wildman–Crippen MR) is 54.5 cm³/mol. The molecule has 4 heteroatoms. The molecule has 1 aromatic heterocycles. The number of aromatic nitrogens is 2. The van der Waals surface area contributed by atoms with Crippen LogP contribution in [0.4, 0.5) is 5.95 Å². The van der Waals surface area contributed by atoms with E-state index in [4.69, 9.17) is 4.74 Å². The smallest absolute Gasteiger partial charge is 0.226 e. The second-order valence-electron chi connectivity index (χ2n) is 3.42. The number of hydrogen-bond acceptors (Lipinski definition) is 4. The molecule has 1 aromatic rings. The first-order chi connectivity index (χ1) is 6.88. The Morgan fingerprint density at radius 2 is 2.43 bits per heavy atom. The molecule has 1 aliphatic rings. The first kappa shape index (κ1) is 9.24. The summed E-state index contributed by atoms with van der Waals surface area (Å²) in [7, 11) is 0. The molecule has 0 amide bonds. The number of nitrogens with one attached hydrogen (secondary N) is 1. The summed E-state index contributed by atoms with van der Waals surface area (Å²) in [6.07, 6.45) is 5.48. The lowest BCUT2D eigenvalue weighted by molar-refractivity contribution is 0.326. The zero-order valence-electron chi connectivity index (χ0n) is 8.36. The molecule has 1 aliphatic carbocycles. The molecule has 0 aromatic carbocycles. The Bertz CT molecular complexity index is 299. The molecule has 0 atom stereocenters. The van der Waals surface area contributed by atoms with E-state index < -0.39 is 0 Å². The van der Waals surface area contributed by atoms with E-state index in [1.807, 2.05) is 6.92 Å². The largest absolute Gasteiger partial charge is 0.478 e. The van der Waals surface area contributed by atoms with Gasteiger partial charge in [0.05, 0.1) is 6.61 Å². The van der Waals surface area contributed by atoms with Gasteiger partial charge in [-0.1, -0.05) is 0 Å². The lowest BCUT2D eigenvalue weighted by atomic mass is 9.93. The highest BCUT2D eigenvalue weighted by Crippen LogP contribution is 2.21. The van der Waals surface area contributed by atoms with Gasteiger partial charge < -0.3 is 10.1 Å². The maximum atomic E-state index is 5.29. The van der Waals surface area contributed by atoms with Gasteiger partial charge in [-0.25, -0.2) is 4.98 Å². The highest BCUT2D eigenvalue weighted by Gasteiger charge is 2.17. The summed E-state index contributed by atoms with van der Waals surface area (Å²) in [4.78, 5) is 8.38. The molecule has 0 spiro atoms. The summed E-state index contributed by atoms with van der Waals surface area (Å²) in [6, 6.07) is 2.34. The highest BCUT2D eigenvalue weighted by molar-refractivity contribution is 5.29. The van der Waals surface area contributed by atoms with Crippen molar-refractivity contribution in [2.45, 2.75) is 32.2 Å². The van der Waals surface area contributed by atoms with Crippen LogP contribution in [0.1, 0.15) is 26.2 Å². The number of nitrogens with zero attached hydrogens (tertiary/aromatic N) is 2. The van der Waals surface area contributed by atoms with Crippen molar-refractivity contribution in [2.24, 2.45) is 0 Å². The van der Waals surface area contributed by atoms with Crippen LogP contribution < -0.4 is 10.1 Å². The minimum Gasteiger partial charge on any atom is -0.478 e. The lowest BCUT2D eigenvalue weighted by Crippen LogP contribution is -2.27. The topological polar surface area (TPSA) is 47.0 Å². The molecule has 0 radical (unpaired) electrons. The third-order valence-electron chi connectivity index (χ3n) is 2.36. The third kappa shape index (κ3) is 2.13. The number of rotatable bonds is 4. The molecule has 1 fully saturated rings. The molecule has 0 unspecified atom stereocenters. The first-order valence-corrected chi connectivity index (χ1v) is 5.11. The van der Waals surface area contributed by atoms with Crippen LogP contribution in [0.15, 0.2) is 12.3 Å². The summed E-state index contributed by atoms with van der Waals surface area (Å²) in [6.45, 7) is 2.58. The van der Waals surface area contributed by atoms with Crippen LogP contribution in [-0.4, -0.2) is 22.6 Å². The lowest BCUT2D eigenvalue weighted by Gasteiger charge is -2.26. The van der Waals surface area contributed by atoms with Gasteiger partial charge in [0.25, 0.3) is 0 Å². The van der Waals surface area contributed by atoms with Gasteiger partial charge in [-0.3, -0.25) is 0 Å². The standard InChI is InChI=1S/C10H15N3O/c1-2-14-9-6-7-11-10(13-9)12-8-4-3-5-8/h6-8H,2-5H2,1H3,(H,11,12,13). The van der Waals surface area contributed by atoms with E-state index >= 15 is 0 Å². The van der Waals surface area contributed by atoms with E-state index in [0.717, 1.165) is 0 Å². The fraction of sp³-hybridized carbons (Fsp3) is 0.600. The fourth-order valence-corrected chi connectivity index (χ4v) is 1.38. The molecule has 76 valence electrons. The Morgan fingerprint density at radius 1 is 1.57 bits per heavy atom. The van der Waals surface area contributed by atoms with Crippen molar-refractivity contribution in [3.8, 4) is 5.88 Å². The SMILES string of the molecule is CCOc1ccnc(NC2CCC2)n1. The van der Waals surface area contributed by atoms with Gasteiger partial charge in [0.15, 0.2) is 0 Å². The van der Waals surface area contributed by atoms with Crippen LogP contribution >= 0.6 is 0 Å². The van der Waals surface area contributed by atoms with Gasteiger partial charge in [0.2, 0.25) is 11.8 Å². The quantitative estimate of drug-likeness (QED) is 0.792. The van der Waals surface area contributed by atoms with Crippen molar-refractivity contribution in [1.29, 1.82) is 0 Å². The maximum absolute atomic E-state index is 5.29. The molecular weight excluding hydrogens is 178 g/mol. The van der Waals surface area contributed by atoms with Crippen molar-refractivity contribution < 1.29 is 4.74 Å². The van der Waals surface area contributed by atoms with E-state index in [1.54, 1.807) is 12.3 Å². The van der Waals surface area contributed by atoms with Gasteiger partial charge in [0.1, 0.15) is 0 Å². The normalized spacial score (nSPS) is 16.1. The van der Waals surface area contributed by atoms with Gasteiger partial charge in [0, 0.05) is 18.3 Å². The van der Waals surface area contributed by atoms with Gasteiger partial charge in [-0.2, -0.15) is 4.98 Å². The summed E-state index contributed by atoms with van der Waals surface area (Å²) >= 11 is 0. The van der Waals surface area contributed by atoms with Crippen LogP contribution in [0.5, 0.6) is 5.88 Å². The van der Waals surface area contributed by atoms with Crippen LogP contribution in [0.3, 0.4) is 0 Å². The van der Waals surface area contributed by atoms with E-state index in [1.165, 1.54) is 19.3 Å². The summed E-state index contributed by atoms with van der Waals surface area (Å²) < 4.78 is 5.29. The Kier molecular flexibility index (Phi) is 2.81. The van der Waals surface area contributed by atoms with Crippen LogP contribution in [0.2, 0.25) is 0 Å². The zero-order valence-corrected chi connectivity index (χ0v) is 8.36. The van der Waals surface area contributed by atoms with Crippen molar-refractivity contribution >= 4 is 5.95 Å². The number of ether oxygens (including phenoxy) is 1. The Hall–Kier alpha value is -1.32. The molecular formula is C10H15N3O. The second-order valence-corrected chi connectivity index (χ2v) is 3.42. The van der Waals surface area contributed by atoms with Crippen LogP contribution in [0.25, 0.3) is 0 Å². The molecule has 0 bridgehead atoms. The minimum atomic E-state index is 0.562. The molecule has 4 nitrogen and oxygen atoms in total. The van der Waals surface area contributed by atoms with Gasteiger partial charge in [-0.15, -0.1) is 0 Å². The molecule has 0 saturated heterocycles. The van der Waals surface area contributed by atoms with Crippen molar-refractivity contribution in [2.75, 3.05) is 11.9 Å². The molecule has 1 N–H and O–H groups in total. The fourth-order valence-electron chi connectivity index (χ4n) is 1.38. The molecule has 14 heavy (non-hydrogen) atoms. The Balaban J connectivity index is 1.97. The molecule has 0 aliphatic heterocycles.